The standard InChI is InChI=1S/C18H17N3O4S/c1-4-24-16(22)12-9-14(11(3)19-10(12)2)20-17(23)26-18-21-13-7-5-6-8-15(13)25-18/h5-9H,4H2,1-3H3,(H,20,23). The molecule has 0 saturated carbocycles. The number of amides is 1. The summed E-state index contributed by atoms with van der Waals surface area (Å²) in [6.07, 6.45) is 0. The molecule has 0 fully saturated rings. The highest BCUT2D eigenvalue weighted by Crippen LogP contribution is 2.26. The van der Waals surface area contributed by atoms with E-state index in [0.717, 1.165) is 11.8 Å². The molecule has 1 N–H and O–H groups in total. The molecule has 7 nitrogen and oxygen atoms in total. The number of carbonyl (C=O) groups excluding carboxylic acids is 2. The van der Waals surface area contributed by atoms with Crippen molar-refractivity contribution in [1.29, 1.82) is 0 Å². The van der Waals surface area contributed by atoms with Gasteiger partial charge in [-0.1, -0.05) is 12.1 Å². The number of aryl methyl sites for hydroxylation is 2. The molecule has 1 aromatic carbocycles. The molecule has 3 rings (SSSR count). The number of benzene rings is 1. The quantitative estimate of drug-likeness (QED) is 0.538. The summed E-state index contributed by atoms with van der Waals surface area (Å²) in [5.41, 5.74) is 3.20. The van der Waals surface area contributed by atoms with E-state index in [2.05, 4.69) is 15.3 Å². The van der Waals surface area contributed by atoms with Crippen molar-refractivity contribution in [3.8, 4) is 0 Å². The summed E-state index contributed by atoms with van der Waals surface area (Å²) in [7, 11) is 0. The van der Waals surface area contributed by atoms with Gasteiger partial charge in [-0.2, -0.15) is 0 Å². The number of nitrogens with one attached hydrogen (secondary N) is 1. The third-order valence-corrected chi connectivity index (χ3v) is 4.23. The predicted octanol–water partition coefficient (Wildman–Crippen LogP) is 4.34. The van der Waals surface area contributed by atoms with E-state index in [1.54, 1.807) is 39.0 Å². The van der Waals surface area contributed by atoms with E-state index in [9.17, 15) is 9.59 Å². The summed E-state index contributed by atoms with van der Waals surface area (Å²) in [6.45, 7) is 5.47. The second-order valence-corrected chi connectivity index (χ2v) is 6.36. The maximum absolute atomic E-state index is 12.3. The largest absolute Gasteiger partial charge is 0.462 e. The lowest BCUT2D eigenvalue weighted by molar-refractivity contribution is 0.0525. The highest BCUT2D eigenvalue weighted by molar-refractivity contribution is 8.13. The van der Waals surface area contributed by atoms with E-state index >= 15 is 0 Å². The Morgan fingerprint density at radius 1 is 1.19 bits per heavy atom. The molecule has 0 aliphatic rings. The summed E-state index contributed by atoms with van der Waals surface area (Å²) in [6, 6.07) is 8.84. The molecule has 0 bridgehead atoms. The minimum atomic E-state index is -0.473. The van der Waals surface area contributed by atoms with Gasteiger partial charge in [0, 0.05) is 11.8 Å². The van der Waals surface area contributed by atoms with Gasteiger partial charge >= 0.3 is 5.97 Å². The van der Waals surface area contributed by atoms with E-state index in [1.807, 2.05) is 12.1 Å². The molecular weight excluding hydrogens is 354 g/mol. The van der Waals surface area contributed by atoms with E-state index in [1.165, 1.54) is 0 Å². The number of anilines is 1. The zero-order valence-electron chi connectivity index (χ0n) is 14.5. The van der Waals surface area contributed by atoms with E-state index in [0.29, 0.717) is 33.7 Å². The van der Waals surface area contributed by atoms with Gasteiger partial charge in [-0.3, -0.25) is 9.78 Å². The van der Waals surface area contributed by atoms with Crippen LogP contribution in [0, 0.1) is 13.8 Å². The number of carbonyl (C=O) groups is 2. The Hall–Kier alpha value is -2.87. The van der Waals surface area contributed by atoms with Crippen LogP contribution in [0.5, 0.6) is 0 Å². The third-order valence-electron chi connectivity index (χ3n) is 3.59. The second kappa shape index (κ2) is 7.57. The number of pyridine rings is 1. The monoisotopic (exact) mass is 371 g/mol. The highest BCUT2D eigenvalue weighted by atomic mass is 32.2. The molecule has 2 heterocycles. The van der Waals surface area contributed by atoms with Crippen molar-refractivity contribution >= 4 is 39.8 Å². The lowest BCUT2D eigenvalue weighted by Crippen LogP contribution is -2.12. The van der Waals surface area contributed by atoms with Crippen LogP contribution in [0.1, 0.15) is 28.7 Å². The summed E-state index contributed by atoms with van der Waals surface area (Å²) in [5, 5.41) is 2.58. The SMILES string of the molecule is CCOC(=O)c1cc(NC(=O)Sc2nc3ccccc3o2)c(C)nc1C. The fourth-order valence-electron chi connectivity index (χ4n) is 2.38. The van der Waals surface area contributed by atoms with E-state index < -0.39 is 5.97 Å². The van der Waals surface area contributed by atoms with Crippen molar-refractivity contribution in [2.75, 3.05) is 11.9 Å². The number of oxazole rings is 1. The zero-order valence-corrected chi connectivity index (χ0v) is 15.3. The first-order valence-corrected chi connectivity index (χ1v) is 8.79. The third kappa shape index (κ3) is 3.85. The van der Waals surface area contributed by atoms with Crippen LogP contribution in [0.25, 0.3) is 11.1 Å². The molecular formula is C18H17N3O4S. The van der Waals surface area contributed by atoms with Crippen molar-refractivity contribution in [2.24, 2.45) is 0 Å². The van der Waals surface area contributed by atoms with Crippen LogP contribution in [0.2, 0.25) is 0 Å². The molecule has 0 saturated heterocycles. The molecule has 134 valence electrons. The molecule has 2 aromatic heterocycles. The summed E-state index contributed by atoms with van der Waals surface area (Å²) in [5.74, 6) is -0.473. The minimum absolute atomic E-state index is 0.243. The maximum atomic E-state index is 12.3. The highest BCUT2D eigenvalue weighted by Gasteiger charge is 2.17. The summed E-state index contributed by atoms with van der Waals surface area (Å²) in [4.78, 5) is 32.9. The number of hydrogen-bond acceptors (Lipinski definition) is 7. The Labute approximate surface area is 154 Å². The van der Waals surface area contributed by atoms with Gasteiger partial charge in [-0.05, 0) is 39.0 Å². The smallest absolute Gasteiger partial charge is 0.340 e. The Morgan fingerprint density at radius 2 is 1.96 bits per heavy atom. The summed E-state index contributed by atoms with van der Waals surface area (Å²) >= 11 is 0.830. The van der Waals surface area contributed by atoms with Crippen LogP contribution < -0.4 is 5.32 Å². The normalized spacial score (nSPS) is 10.7. The summed E-state index contributed by atoms with van der Waals surface area (Å²) < 4.78 is 10.5. The van der Waals surface area contributed by atoms with Gasteiger partial charge in [0.05, 0.1) is 29.2 Å². The number of aromatic nitrogens is 2. The van der Waals surface area contributed by atoms with Crippen molar-refractivity contribution < 1.29 is 18.7 Å². The van der Waals surface area contributed by atoms with Crippen LogP contribution in [0.3, 0.4) is 0 Å². The number of esters is 1. The van der Waals surface area contributed by atoms with Crippen LogP contribution in [0.4, 0.5) is 10.5 Å². The zero-order chi connectivity index (χ0) is 18.7. The van der Waals surface area contributed by atoms with Gasteiger partial charge in [-0.25, -0.2) is 9.78 Å². The Bertz CT molecular complexity index is 951. The molecule has 0 atom stereocenters. The van der Waals surface area contributed by atoms with Crippen LogP contribution in [-0.2, 0) is 4.74 Å². The Morgan fingerprint density at radius 3 is 2.69 bits per heavy atom. The number of para-hydroxylation sites is 2. The molecule has 0 spiro atoms. The molecule has 1 amide bonds. The number of ether oxygens (including phenoxy) is 1. The first kappa shape index (κ1) is 17.9. The van der Waals surface area contributed by atoms with Gasteiger partial charge in [-0.15, -0.1) is 0 Å². The number of fused-ring (bicyclic) bond motifs is 1. The van der Waals surface area contributed by atoms with Gasteiger partial charge in [0.2, 0.25) is 0 Å². The first-order valence-electron chi connectivity index (χ1n) is 7.97. The molecule has 0 aliphatic heterocycles. The van der Waals surface area contributed by atoms with E-state index in [-0.39, 0.29) is 17.1 Å². The molecule has 0 unspecified atom stereocenters. The second-order valence-electron chi connectivity index (χ2n) is 5.44. The van der Waals surface area contributed by atoms with E-state index in [4.69, 9.17) is 9.15 Å². The predicted molar refractivity (Wildman–Crippen MR) is 98.6 cm³/mol. The average molecular weight is 371 g/mol. The average Bonchev–Trinajstić information content (AvgIpc) is 2.99. The number of hydrogen-bond donors (Lipinski definition) is 1. The van der Waals surface area contributed by atoms with Crippen molar-refractivity contribution in [3.63, 3.8) is 0 Å². The van der Waals surface area contributed by atoms with Crippen LogP contribution in [-0.4, -0.2) is 27.8 Å². The van der Waals surface area contributed by atoms with Crippen LogP contribution in [0.15, 0.2) is 40.0 Å². The number of rotatable bonds is 4. The molecule has 26 heavy (non-hydrogen) atoms. The van der Waals surface area contributed by atoms with Gasteiger partial charge in [0.1, 0.15) is 5.52 Å². The fraction of sp³-hybridized carbons (Fsp3) is 0.222. The maximum Gasteiger partial charge on any atom is 0.340 e. The van der Waals surface area contributed by atoms with Gasteiger partial charge in [0.15, 0.2) is 5.58 Å². The van der Waals surface area contributed by atoms with Crippen LogP contribution >= 0.6 is 11.8 Å². The van der Waals surface area contributed by atoms with Crippen molar-refractivity contribution in [3.05, 3.63) is 47.3 Å². The lowest BCUT2D eigenvalue weighted by Gasteiger charge is -2.11. The first-order chi connectivity index (χ1) is 12.5. The molecule has 8 heteroatoms. The van der Waals surface area contributed by atoms with Gasteiger partial charge in [0.25, 0.3) is 10.5 Å². The topological polar surface area (TPSA) is 94.3 Å². The molecule has 0 aliphatic carbocycles. The van der Waals surface area contributed by atoms with Crippen molar-refractivity contribution in [1.82, 2.24) is 9.97 Å². The lowest BCUT2D eigenvalue weighted by atomic mass is 10.1. The van der Waals surface area contributed by atoms with Crippen molar-refractivity contribution in [2.45, 2.75) is 26.0 Å². The number of nitrogens with zero attached hydrogens (tertiary/aromatic N) is 2. The number of thioether (sulfide) groups is 1. The Balaban J connectivity index is 1.78. The minimum Gasteiger partial charge on any atom is -0.462 e. The Kier molecular flexibility index (Phi) is 5.22. The molecule has 3 aromatic rings. The molecule has 0 radical (unpaired) electrons. The van der Waals surface area contributed by atoms with Gasteiger partial charge < -0.3 is 14.5 Å². The fourth-order valence-corrected chi connectivity index (χ4v) is 2.97.